The van der Waals surface area contributed by atoms with E-state index in [1.165, 1.54) is 12.8 Å². The molecule has 3 rings (SSSR count). The van der Waals surface area contributed by atoms with E-state index in [1.54, 1.807) is 11.3 Å². The molecule has 0 saturated carbocycles. The lowest BCUT2D eigenvalue weighted by Gasteiger charge is -2.30. The molecule has 19 heavy (non-hydrogen) atoms. The summed E-state index contributed by atoms with van der Waals surface area (Å²) in [5.74, 6) is 1.87. The van der Waals surface area contributed by atoms with Gasteiger partial charge in [-0.1, -0.05) is 0 Å². The maximum atomic E-state index is 4.70. The summed E-state index contributed by atoms with van der Waals surface area (Å²) in [6.45, 7) is 6.61. The number of hydrogen-bond acceptors (Lipinski definition) is 5. The van der Waals surface area contributed by atoms with E-state index < -0.39 is 0 Å². The van der Waals surface area contributed by atoms with Crippen molar-refractivity contribution in [2.45, 2.75) is 38.8 Å². The molecular formula is C14H20N4S. The molecule has 1 N–H and O–H groups in total. The number of likely N-dealkylation sites (tertiary alicyclic amines) is 1. The van der Waals surface area contributed by atoms with Gasteiger partial charge in [-0.2, -0.15) is 0 Å². The van der Waals surface area contributed by atoms with E-state index in [2.05, 4.69) is 40.5 Å². The molecule has 5 heteroatoms. The third-order valence-electron chi connectivity index (χ3n) is 4.01. The first kappa shape index (κ1) is 12.8. The normalized spacial score (nSPS) is 19.1. The smallest absolute Gasteiger partial charge is 0.146 e. The SMILES string of the molecule is CNc1nc(CN2CCCC2(C)C)nc2sccc12. The number of rotatable bonds is 3. The molecule has 4 nitrogen and oxygen atoms in total. The Balaban J connectivity index is 1.92. The second-order valence-electron chi connectivity index (χ2n) is 5.72. The van der Waals surface area contributed by atoms with Crippen LogP contribution in [0.4, 0.5) is 5.82 Å². The van der Waals surface area contributed by atoms with Crippen LogP contribution in [-0.2, 0) is 6.54 Å². The molecule has 0 unspecified atom stereocenters. The molecule has 0 atom stereocenters. The molecule has 2 aromatic rings. The number of hydrogen-bond donors (Lipinski definition) is 1. The number of aromatic nitrogens is 2. The lowest BCUT2D eigenvalue weighted by Crippen LogP contribution is -2.37. The Labute approximate surface area is 117 Å². The molecular weight excluding hydrogens is 256 g/mol. The third kappa shape index (κ3) is 2.32. The number of anilines is 1. The largest absolute Gasteiger partial charge is 0.372 e. The van der Waals surface area contributed by atoms with Crippen LogP contribution in [0.3, 0.4) is 0 Å². The number of fused-ring (bicyclic) bond motifs is 1. The molecule has 0 radical (unpaired) electrons. The second kappa shape index (κ2) is 4.72. The highest BCUT2D eigenvalue weighted by Crippen LogP contribution is 2.30. The highest BCUT2D eigenvalue weighted by atomic mass is 32.1. The monoisotopic (exact) mass is 276 g/mol. The van der Waals surface area contributed by atoms with Crippen molar-refractivity contribution in [3.8, 4) is 0 Å². The van der Waals surface area contributed by atoms with Gasteiger partial charge in [0.25, 0.3) is 0 Å². The highest BCUT2D eigenvalue weighted by Gasteiger charge is 2.32. The summed E-state index contributed by atoms with van der Waals surface area (Å²) in [7, 11) is 1.92. The lowest BCUT2D eigenvalue weighted by atomic mass is 10.0. The summed E-state index contributed by atoms with van der Waals surface area (Å²) >= 11 is 1.68. The van der Waals surface area contributed by atoms with Crippen molar-refractivity contribution in [1.29, 1.82) is 0 Å². The van der Waals surface area contributed by atoms with Crippen LogP contribution in [0.2, 0.25) is 0 Å². The lowest BCUT2D eigenvalue weighted by molar-refractivity contribution is 0.162. The van der Waals surface area contributed by atoms with Crippen molar-refractivity contribution >= 4 is 27.4 Å². The fourth-order valence-corrected chi connectivity index (χ4v) is 3.57. The summed E-state index contributed by atoms with van der Waals surface area (Å²) in [6, 6.07) is 2.08. The van der Waals surface area contributed by atoms with Gasteiger partial charge in [0.05, 0.1) is 11.9 Å². The maximum absolute atomic E-state index is 4.70. The fraction of sp³-hybridized carbons (Fsp3) is 0.571. The summed E-state index contributed by atoms with van der Waals surface area (Å²) in [5.41, 5.74) is 0.271. The summed E-state index contributed by atoms with van der Waals surface area (Å²) in [5, 5.41) is 6.37. The maximum Gasteiger partial charge on any atom is 0.146 e. The molecule has 0 amide bonds. The Kier molecular flexibility index (Phi) is 3.19. The Morgan fingerprint density at radius 3 is 2.95 bits per heavy atom. The first-order valence-corrected chi connectivity index (χ1v) is 7.65. The van der Waals surface area contributed by atoms with E-state index in [0.29, 0.717) is 0 Å². The molecule has 0 aliphatic carbocycles. The van der Waals surface area contributed by atoms with E-state index in [4.69, 9.17) is 4.98 Å². The molecule has 1 saturated heterocycles. The van der Waals surface area contributed by atoms with E-state index in [9.17, 15) is 0 Å². The molecule has 0 spiro atoms. The molecule has 2 aromatic heterocycles. The van der Waals surface area contributed by atoms with Crippen molar-refractivity contribution in [2.75, 3.05) is 18.9 Å². The zero-order valence-electron chi connectivity index (χ0n) is 11.7. The summed E-state index contributed by atoms with van der Waals surface area (Å²) in [4.78, 5) is 12.9. The Morgan fingerprint density at radius 1 is 1.42 bits per heavy atom. The van der Waals surface area contributed by atoms with Crippen molar-refractivity contribution < 1.29 is 0 Å². The van der Waals surface area contributed by atoms with Crippen molar-refractivity contribution in [3.63, 3.8) is 0 Å². The fourth-order valence-electron chi connectivity index (χ4n) is 2.79. The number of thiophene rings is 1. The van der Waals surface area contributed by atoms with Crippen LogP contribution in [0, 0.1) is 0 Å². The first-order valence-electron chi connectivity index (χ1n) is 6.77. The van der Waals surface area contributed by atoms with Gasteiger partial charge in [0.15, 0.2) is 0 Å². The van der Waals surface area contributed by atoms with Gasteiger partial charge in [-0.3, -0.25) is 4.90 Å². The van der Waals surface area contributed by atoms with Gasteiger partial charge in [0.2, 0.25) is 0 Å². The summed E-state index contributed by atoms with van der Waals surface area (Å²) < 4.78 is 0. The summed E-state index contributed by atoms with van der Waals surface area (Å²) in [6.07, 6.45) is 2.53. The van der Waals surface area contributed by atoms with E-state index >= 15 is 0 Å². The van der Waals surface area contributed by atoms with Gasteiger partial charge in [-0.05, 0) is 44.7 Å². The van der Waals surface area contributed by atoms with Crippen LogP contribution in [0.25, 0.3) is 10.2 Å². The molecule has 1 aliphatic heterocycles. The van der Waals surface area contributed by atoms with Crippen molar-refractivity contribution in [1.82, 2.24) is 14.9 Å². The zero-order valence-corrected chi connectivity index (χ0v) is 12.5. The number of nitrogens with zero attached hydrogens (tertiary/aromatic N) is 3. The van der Waals surface area contributed by atoms with Gasteiger partial charge in [-0.15, -0.1) is 11.3 Å². The molecule has 102 valence electrons. The van der Waals surface area contributed by atoms with E-state index in [1.807, 2.05) is 7.05 Å². The predicted octanol–water partition coefficient (Wildman–Crippen LogP) is 3.11. The predicted molar refractivity (Wildman–Crippen MR) is 80.7 cm³/mol. The first-order chi connectivity index (χ1) is 9.10. The van der Waals surface area contributed by atoms with Gasteiger partial charge in [0.1, 0.15) is 16.5 Å². The van der Waals surface area contributed by atoms with Gasteiger partial charge in [0, 0.05) is 12.6 Å². The van der Waals surface area contributed by atoms with Crippen LogP contribution in [0.15, 0.2) is 11.4 Å². The third-order valence-corrected chi connectivity index (χ3v) is 4.82. The van der Waals surface area contributed by atoms with Crippen LogP contribution >= 0.6 is 11.3 Å². The van der Waals surface area contributed by atoms with E-state index in [-0.39, 0.29) is 5.54 Å². The highest BCUT2D eigenvalue weighted by molar-refractivity contribution is 7.16. The average molecular weight is 276 g/mol. The molecule has 3 heterocycles. The standard InChI is InChI=1S/C14H20N4S/c1-14(2)6-4-7-18(14)9-11-16-12(15-3)10-5-8-19-13(10)17-11/h5,8H,4,6-7,9H2,1-3H3,(H,15,16,17). The Bertz CT molecular complexity index is 590. The van der Waals surface area contributed by atoms with Crippen molar-refractivity contribution in [3.05, 3.63) is 17.3 Å². The second-order valence-corrected chi connectivity index (χ2v) is 6.61. The minimum absolute atomic E-state index is 0.271. The van der Waals surface area contributed by atoms with Crippen LogP contribution in [-0.4, -0.2) is 34.0 Å². The van der Waals surface area contributed by atoms with Crippen LogP contribution < -0.4 is 5.32 Å². The minimum Gasteiger partial charge on any atom is -0.372 e. The molecule has 1 aliphatic rings. The molecule has 0 bridgehead atoms. The van der Waals surface area contributed by atoms with E-state index in [0.717, 1.165) is 34.9 Å². The molecule has 1 fully saturated rings. The Morgan fingerprint density at radius 2 is 2.26 bits per heavy atom. The van der Waals surface area contributed by atoms with Crippen LogP contribution in [0.1, 0.15) is 32.5 Å². The average Bonchev–Trinajstić information content (AvgIpc) is 2.95. The van der Waals surface area contributed by atoms with Gasteiger partial charge in [-0.25, -0.2) is 9.97 Å². The number of nitrogens with one attached hydrogen (secondary N) is 1. The minimum atomic E-state index is 0.271. The topological polar surface area (TPSA) is 41.1 Å². The Hall–Kier alpha value is -1.20. The zero-order chi connectivity index (χ0) is 13.5. The van der Waals surface area contributed by atoms with Crippen molar-refractivity contribution in [2.24, 2.45) is 0 Å². The molecule has 0 aromatic carbocycles. The van der Waals surface area contributed by atoms with Crippen LogP contribution in [0.5, 0.6) is 0 Å². The van der Waals surface area contributed by atoms with Gasteiger partial charge >= 0.3 is 0 Å². The van der Waals surface area contributed by atoms with Gasteiger partial charge < -0.3 is 5.32 Å². The quantitative estimate of drug-likeness (QED) is 0.935.